The van der Waals surface area contributed by atoms with Gasteiger partial charge >= 0.3 is 5.97 Å². The molecule has 1 aromatic carbocycles. The lowest BCUT2D eigenvalue weighted by atomic mass is 9.64. The number of hydrogen-bond acceptors (Lipinski definition) is 4. The molecule has 1 saturated carbocycles. The van der Waals surface area contributed by atoms with Gasteiger partial charge in [0.05, 0.1) is 11.0 Å². The molecule has 0 unspecified atom stereocenters. The van der Waals surface area contributed by atoms with E-state index in [0.29, 0.717) is 55.0 Å². The van der Waals surface area contributed by atoms with Gasteiger partial charge in [-0.3, -0.25) is 9.59 Å². The fourth-order valence-corrected chi connectivity index (χ4v) is 2.76. The highest BCUT2D eigenvalue weighted by Crippen LogP contribution is 2.51. The summed E-state index contributed by atoms with van der Waals surface area (Å²) in [5, 5.41) is 9.50. The maximum Gasteiger partial charge on any atom is 0.314 e. The van der Waals surface area contributed by atoms with Crippen molar-refractivity contribution in [1.29, 1.82) is 0 Å². The van der Waals surface area contributed by atoms with E-state index in [9.17, 15) is 14.7 Å². The molecule has 0 amide bonds. The molecule has 19 heavy (non-hydrogen) atoms. The van der Waals surface area contributed by atoms with E-state index in [2.05, 4.69) is 0 Å². The second kappa shape index (κ2) is 4.26. The number of carboxylic acid groups (broad SMARTS) is 1. The minimum atomic E-state index is -0.883. The minimum Gasteiger partial charge on any atom is -0.486 e. The highest BCUT2D eigenvalue weighted by Gasteiger charge is 2.48. The lowest BCUT2D eigenvalue weighted by molar-refractivity contribution is -0.147. The molecular formula is C14H14O5. The Morgan fingerprint density at radius 3 is 2.42 bits per heavy atom. The first kappa shape index (κ1) is 12.0. The summed E-state index contributed by atoms with van der Waals surface area (Å²) in [5.74, 6) is -0.0294. The molecule has 1 aromatic rings. The summed E-state index contributed by atoms with van der Waals surface area (Å²) in [6.45, 7) is 0.745. The zero-order valence-electron chi connectivity index (χ0n) is 10.3. The van der Waals surface area contributed by atoms with Gasteiger partial charge in [-0.25, -0.2) is 0 Å². The van der Waals surface area contributed by atoms with E-state index in [0.717, 1.165) is 6.42 Å². The number of carboxylic acids is 1. The van der Waals surface area contributed by atoms with Crippen LogP contribution in [0, 0.1) is 0 Å². The van der Waals surface area contributed by atoms with E-state index in [1.54, 1.807) is 12.1 Å². The van der Waals surface area contributed by atoms with Crippen molar-refractivity contribution in [3.8, 4) is 11.5 Å². The second-order valence-corrected chi connectivity index (χ2v) is 4.92. The van der Waals surface area contributed by atoms with E-state index < -0.39 is 11.4 Å². The molecule has 0 atom stereocenters. The summed E-state index contributed by atoms with van der Waals surface area (Å²) in [6.07, 6.45) is 2.78. The van der Waals surface area contributed by atoms with E-state index in [1.165, 1.54) is 0 Å². The summed E-state index contributed by atoms with van der Waals surface area (Å²) in [7, 11) is 0. The molecule has 2 aliphatic rings. The molecule has 1 N–H and O–H groups in total. The Bertz CT molecular complexity index is 545. The van der Waals surface area contributed by atoms with Gasteiger partial charge in [0.1, 0.15) is 13.2 Å². The predicted molar refractivity (Wildman–Crippen MR) is 66.0 cm³/mol. The molecule has 1 fully saturated rings. The Kier molecular flexibility index (Phi) is 2.69. The van der Waals surface area contributed by atoms with E-state index in [1.807, 2.05) is 0 Å². The van der Waals surface area contributed by atoms with Crippen LogP contribution in [0.15, 0.2) is 12.1 Å². The van der Waals surface area contributed by atoms with Crippen LogP contribution in [0.25, 0.3) is 0 Å². The molecule has 1 aliphatic carbocycles. The number of aliphatic carboxylic acids is 1. The lowest BCUT2D eigenvalue weighted by Gasteiger charge is -2.39. The van der Waals surface area contributed by atoms with Crippen LogP contribution in [0.4, 0.5) is 0 Å². The van der Waals surface area contributed by atoms with Crippen LogP contribution in [0.1, 0.15) is 35.2 Å². The largest absolute Gasteiger partial charge is 0.486 e. The normalized spacial score (nSPS) is 19.4. The Morgan fingerprint density at radius 2 is 1.89 bits per heavy atom. The number of hydrogen-bond donors (Lipinski definition) is 1. The summed E-state index contributed by atoms with van der Waals surface area (Å²) >= 11 is 0. The summed E-state index contributed by atoms with van der Waals surface area (Å²) in [4.78, 5) is 22.6. The van der Waals surface area contributed by atoms with Crippen molar-refractivity contribution in [3.63, 3.8) is 0 Å². The first-order valence-electron chi connectivity index (χ1n) is 6.31. The number of carbonyl (C=O) groups excluding carboxylic acids is 1. The van der Waals surface area contributed by atoms with E-state index >= 15 is 0 Å². The van der Waals surface area contributed by atoms with Crippen LogP contribution in [0.3, 0.4) is 0 Å². The van der Waals surface area contributed by atoms with E-state index in [-0.39, 0.29) is 0 Å². The first-order valence-corrected chi connectivity index (χ1v) is 6.31. The zero-order valence-corrected chi connectivity index (χ0v) is 10.3. The van der Waals surface area contributed by atoms with Gasteiger partial charge in [-0.15, -0.1) is 0 Å². The monoisotopic (exact) mass is 262 g/mol. The van der Waals surface area contributed by atoms with Gasteiger partial charge in [-0.05, 0) is 18.9 Å². The van der Waals surface area contributed by atoms with Gasteiger partial charge in [0.2, 0.25) is 0 Å². The minimum absolute atomic E-state index is 0.372. The number of aldehydes is 1. The highest BCUT2D eigenvalue weighted by molar-refractivity contribution is 5.87. The number of rotatable bonds is 3. The van der Waals surface area contributed by atoms with Crippen LogP contribution >= 0.6 is 0 Å². The summed E-state index contributed by atoms with van der Waals surface area (Å²) in [5.41, 5.74) is 0.150. The van der Waals surface area contributed by atoms with Crippen LogP contribution in [0.5, 0.6) is 11.5 Å². The molecule has 5 heteroatoms. The van der Waals surface area contributed by atoms with Crippen molar-refractivity contribution in [2.24, 2.45) is 0 Å². The van der Waals surface area contributed by atoms with Crippen molar-refractivity contribution in [1.82, 2.24) is 0 Å². The van der Waals surface area contributed by atoms with E-state index in [4.69, 9.17) is 9.47 Å². The average molecular weight is 262 g/mol. The smallest absolute Gasteiger partial charge is 0.314 e. The van der Waals surface area contributed by atoms with Crippen molar-refractivity contribution in [3.05, 3.63) is 23.3 Å². The van der Waals surface area contributed by atoms with Crippen LogP contribution in [-0.4, -0.2) is 30.6 Å². The molecule has 0 aromatic heterocycles. The molecule has 3 rings (SSSR count). The topological polar surface area (TPSA) is 72.8 Å². The Hall–Kier alpha value is -2.04. The quantitative estimate of drug-likeness (QED) is 0.840. The zero-order chi connectivity index (χ0) is 13.5. The van der Waals surface area contributed by atoms with Gasteiger partial charge in [0.15, 0.2) is 17.8 Å². The predicted octanol–water partition coefficient (Wildman–Crippen LogP) is 1.78. The molecule has 0 saturated heterocycles. The Morgan fingerprint density at radius 1 is 1.21 bits per heavy atom. The van der Waals surface area contributed by atoms with Gasteiger partial charge < -0.3 is 14.6 Å². The molecule has 0 radical (unpaired) electrons. The fraction of sp³-hybridized carbons (Fsp3) is 0.429. The summed E-state index contributed by atoms with van der Waals surface area (Å²) in [6, 6.07) is 3.30. The van der Waals surface area contributed by atoms with Crippen LogP contribution in [0.2, 0.25) is 0 Å². The maximum absolute atomic E-state index is 11.6. The molecule has 100 valence electrons. The van der Waals surface area contributed by atoms with Crippen molar-refractivity contribution < 1.29 is 24.2 Å². The second-order valence-electron chi connectivity index (χ2n) is 4.92. The molecular weight excluding hydrogens is 248 g/mol. The number of ether oxygens (including phenoxy) is 2. The van der Waals surface area contributed by atoms with Crippen molar-refractivity contribution in [2.45, 2.75) is 24.7 Å². The standard InChI is InChI=1S/C14H14O5/c15-8-9-2-3-10(12-11(9)18-6-7-19-12)14(13(16)17)4-1-5-14/h2-3,8H,1,4-7H2,(H,16,17). The van der Waals surface area contributed by atoms with Gasteiger partial charge in [0, 0.05) is 5.56 Å². The van der Waals surface area contributed by atoms with Crippen LogP contribution in [-0.2, 0) is 10.2 Å². The van der Waals surface area contributed by atoms with Crippen molar-refractivity contribution >= 4 is 12.3 Å². The molecule has 0 bridgehead atoms. The third-order valence-electron chi connectivity index (χ3n) is 3.98. The van der Waals surface area contributed by atoms with Gasteiger partial charge in [-0.2, -0.15) is 0 Å². The lowest BCUT2D eigenvalue weighted by Crippen LogP contribution is -2.43. The molecule has 5 nitrogen and oxygen atoms in total. The molecule has 1 heterocycles. The first-order chi connectivity index (χ1) is 9.19. The van der Waals surface area contributed by atoms with Crippen LogP contribution < -0.4 is 9.47 Å². The third-order valence-corrected chi connectivity index (χ3v) is 3.98. The SMILES string of the molecule is O=Cc1ccc(C2(C(=O)O)CCC2)c2c1OCCO2. The Balaban J connectivity index is 2.17. The molecule has 1 aliphatic heterocycles. The van der Waals surface area contributed by atoms with Crippen molar-refractivity contribution in [2.75, 3.05) is 13.2 Å². The number of fused-ring (bicyclic) bond motifs is 1. The molecule has 0 spiro atoms. The maximum atomic E-state index is 11.6. The fourth-order valence-electron chi connectivity index (χ4n) is 2.76. The highest BCUT2D eigenvalue weighted by atomic mass is 16.6. The summed E-state index contributed by atoms with van der Waals surface area (Å²) < 4.78 is 11.1. The van der Waals surface area contributed by atoms with Gasteiger partial charge in [0.25, 0.3) is 0 Å². The Labute approximate surface area is 110 Å². The third kappa shape index (κ3) is 1.61. The number of benzene rings is 1. The average Bonchev–Trinajstić information content (AvgIpc) is 2.37. The number of carbonyl (C=O) groups is 2. The van der Waals surface area contributed by atoms with Gasteiger partial charge in [-0.1, -0.05) is 12.5 Å².